The van der Waals surface area contributed by atoms with Crippen molar-refractivity contribution in [3.63, 3.8) is 0 Å². The van der Waals surface area contributed by atoms with Crippen molar-refractivity contribution >= 4 is 29.1 Å². The Hall–Kier alpha value is -2.36. The first-order valence-corrected chi connectivity index (χ1v) is 11.8. The van der Waals surface area contributed by atoms with Gasteiger partial charge in [-0.25, -0.2) is 0 Å². The lowest BCUT2D eigenvalue weighted by molar-refractivity contribution is -0.138. The number of nitrogens with zero attached hydrogens (tertiary/aromatic N) is 2. The minimum Gasteiger partial charge on any atom is -0.338 e. The van der Waals surface area contributed by atoms with Crippen LogP contribution in [0.15, 0.2) is 72.8 Å². The predicted octanol–water partition coefficient (Wildman–Crippen LogP) is 5.71. The number of benzene rings is 3. The van der Waals surface area contributed by atoms with E-state index < -0.39 is 0 Å². The number of halogens is 1. The second-order valence-corrected chi connectivity index (χ2v) is 9.37. The number of rotatable bonds is 6. The molecule has 0 aliphatic carbocycles. The molecular formula is C28H33ClN2O. The highest BCUT2D eigenvalue weighted by atomic mass is 35.5. The molecule has 1 spiro atoms. The number of hydrogen-bond donors (Lipinski definition) is 0. The van der Waals surface area contributed by atoms with Gasteiger partial charge in [0.2, 0.25) is 5.91 Å². The van der Waals surface area contributed by atoms with E-state index in [1.165, 1.54) is 28.3 Å². The first-order chi connectivity index (χ1) is 15.2. The van der Waals surface area contributed by atoms with Crippen molar-refractivity contribution < 1.29 is 4.79 Å². The molecule has 2 fully saturated rings. The molecule has 5 rings (SSSR count). The molecular weight excluding hydrogens is 416 g/mol. The van der Waals surface area contributed by atoms with E-state index in [1.54, 1.807) is 0 Å². The Balaban J connectivity index is 0.00000245. The van der Waals surface area contributed by atoms with Gasteiger partial charge in [0.25, 0.3) is 0 Å². The number of carbonyl (C=O) groups is 1. The predicted molar refractivity (Wildman–Crippen MR) is 134 cm³/mol. The van der Waals surface area contributed by atoms with Crippen molar-refractivity contribution in [1.29, 1.82) is 0 Å². The summed E-state index contributed by atoms with van der Waals surface area (Å²) in [5.74, 6) is 0.393. The zero-order valence-corrected chi connectivity index (χ0v) is 19.5. The summed E-state index contributed by atoms with van der Waals surface area (Å²) in [7, 11) is 0. The van der Waals surface area contributed by atoms with Crippen molar-refractivity contribution in [3.8, 4) is 0 Å². The molecule has 168 valence electrons. The second kappa shape index (κ2) is 10.1. The number of hydrogen-bond acceptors (Lipinski definition) is 2. The summed E-state index contributed by atoms with van der Waals surface area (Å²) in [6, 6.07) is 25.8. The number of piperidine rings is 1. The maximum atomic E-state index is 13.4. The molecule has 2 saturated heterocycles. The fourth-order valence-corrected chi connectivity index (χ4v) is 5.42. The summed E-state index contributed by atoms with van der Waals surface area (Å²) < 4.78 is 0. The highest BCUT2D eigenvalue weighted by molar-refractivity contribution is 5.86. The van der Waals surface area contributed by atoms with Gasteiger partial charge < -0.3 is 9.80 Å². The third kappa shape index (κ3) is 4.84. The maximum Gasteiger partial charge on any atom is 0.229 e. The average Bonchev–Trinajstić information content (AvgIpc) is 3.11. The molecule has 0 atom stereocenters. The van der Waals surface area contributed by atoms with E-state index in [0.29, 0.717) is 5.91 Å². The highest BCUT2D eigenvalue weighted by Gasteiger charge is 2.47. The van der Waals surface area contributed by atoms with Crippen molar-refractivity contribution in [2.45, 2.75) is 38.6 Å². The van der Waals surface area contributed by atoms with E-state index in [0.717, 1.165) is 58.4 Å². The standard InChI is InChI=1S/C28H32N2O.ClH/c31-27-28(14-18-29(19-15-28)17-6-9-23-7-2-1-3-8-23)16-20-30(27)22-24-12-13-25-10-4-5-11-26(25)21-24;/h1-5,7-8,10-13,21H,6,9,14-20,22H2;1H. The van der Waals surface area contributed by atoms with Crippen molar-refractivity contribution in [2.24, 2.45) is 5.41 Å². The van der Waals surface area contributed by atoms with Gasteiger partial charge in [0, 0.05) is 13.1 Å². The van der Waals surface area contributed by atoms with Gasteiger partial charge >= 0.3 is 0 Å². The second-order valence-electron chi connectivity index (χ2n) is 9.37. The van der Waals surface area contributed by atoms with Crippen LogP contribution >= 0.6 is 12.4 Å². The Morgan fingerprint density at radius 3 is 2.22 bits per heavy atom. The fourth-order valence-electron chi connectivity index (χ4n) is 5.42. The van der Waals surface area contributed by atoms with Gasteiger partial charge in [-0.1, -0.05) is 66.7 Å². The highest BCUT2D eigenvalue weighted by Crippen LogP contribution is 2.42. The number of amides is 1. The Morgan fingerprint density at radius 1 is 0.750 bits per heavy atom. The minimum atomic E-state index is -0.104. The first-order valence-electron chi connectivity index (χ1n) is 11.8. The van der Waals surface area contributed by atoms with Gasteiger partial charge in [0.1, 0.15) is 0 Å². The normalized spacial score (nSPS) is 18.2. The van der Waals surface area contributed by atoms with Crippen LogP contribution in [0.2, 0.25) is 0 Å². The van der Waals surface area contributed by atoms with Gasteiger partial charge in [-0.05, 0) is 79.7 Å². The number of likely N-dealkylation sites (tertiary alicyclic amines) is 2. The minimum absolute atomic E-state index is 0. The molecule has 1 amide bonds. The number of carbonyl (C=O) groups excluding carboxylic acids is 1. The molecule has 0 aromatic heterocycles. The SMILES string of the molecule is Cl.O=C1N(Cc2ccc3ccccc3c2)CCC12CCN(CCCc1ccccc1)CC2. The summed E-state index contributed by atoms with van der Waals surface area (Å²) in [6.07, 6.45) is 5.40. The monoisotopic (exact) mass is 448 g/mol. The van der Waals surface area contributed by atoms with Gasteiger partial charge in [-0.3, -0.25) is 4.79 Å². The van der Waals surface area contributed by atoms with Gasteiger partial charge in [0.15, 0.2) is 0 Å². The lowest BCUT2D eigenvalue weighted by Gasteiger charge is -2.38. The van der Waals surface area contributed by atoms with E-state index in [1.807, 2.05) is 0 Å². The molecule has 3 aromatic rings. The Kier molecular flexibility index (Phi) is 7.17. The number of fused-ring (bicyclic) bond motifs is 1. The van der Waals surface area contributed by atoms with Crippen molar-refractivity contribution in [1.82, 2.24) is 9.80 Å². The molecule has 0 bridgehead atoms. The Labute approximate surface area is 197 Å². The Morgan fingerprint density at radius 2 is 1.44 bits per heavy atom. The molecule has 2 aliphatic heterocycles. The van der Waals surface area contributed by atoms with E-state index in [9.17, 15) is 4.79 Å². The topological polar surface area (TPSA) is 23.6 Å². The molecule has 3 nitrogen and oxygen atoms in total. The van der Waals surface area contributed by atoms with E-state index in [-0.39, 0.29) is 17.8 Å². The maximum absolute atomic E-state index is 13.4. The molecule has 32 heavy (non-hydrogen) atoms. The van der Waals surface area contributed by atoms with Crippen LogP contribution in [0.5, 0.6) is 0 Å². The van der Waals surface area contributed by atoms with Crippen LogP contribution in [0.4, 0.5) is 0 Å². The summed E-state index contributed by atoms with van der Waals surface area (Å²) in [5, 5.41) is 2.51. The molecule has 0 N–H and O–H groups in total. The molecule has 2 aliphatic rings. The molecule has 2 heterocycles. The molecule has 0 saturated carbocycles. The van der Waals surface area contributed by atoms with Crippen LogP contribution in [-0.4, -0.2) is 41.9 Å². The number of aryl methyl sites for hydroxylation is 1. The van der Waals surface area contributed by atoms with Gasteiger partial charge in [0.05, 0.1) is 5.41 Å². The zero-order valence-electron chi connectivity index (χ0n) is 18.7. The molecule has 3 aromatic carbocycles. The van der Waals surface area contributed by atoms with Crippen molar-refractivity contribution in [3.05, 3.63) is 83.9 Å². The molecule has 0 unspecified atom stereocenters. The van der Waals surface area contributed by atoms with E-state index in [4.69, 9.17) is 0 Å². The quantitative estimate of drug-likeness (QED) is 0.482. The van der Waals surface area contributed by atoms with Crippen LogP contribution in [0.3, 0.4) is 0 Å². The van der Waals surface area contributed by atoms with Gasteiger partial charge in [-0.2, -0.15) is 0 Å². The van der Waals surface area contributed by atoms with Crippen LogP contribution < -0.4 is 0 Å². The molecule has 0 radical (unpaired) electrons. The summed E-state index contributed by atoms with van der Waals surface area (Å²) in [5.41, 5.74) is 2.56. The summed E-state index contributed by atoms with van der Waals surface area (Å²) in [6.45, 7) is 4.90. The lowest BCUT2D eigenvalue weighted by Crippen LogP contribution is -2.44. The van der Waals surface area contributed by atoms with Crippen LogP contribution in [0.1, 0.15) is 36.8 Å². The third-order valence-electron chi connectivity index (χ3n) is 7.38. The third-order valence-corrected chi connectivity index (χ3v) is 7.38. The van der Waals surface area contributed by atoms with E-state index in [2.05, 4.69) is 82.6 Å². The Bertz CT molecular complexity index is 1040. The summed E-state index contributed by atoms with van der Waals surface area (Å²) >= 11 is 0. The van der Waals surface area contributed by atoms with Gasteiger partial charge in [-0.15, -0.1) is 12.4 Å². The fraction of sp³-hybridized carbons (Fsp3) is 0.393. The van der Waals surface area contributed by atoms with Crippen LogP contribution in [0, 0.1) is 5.41 Å². The lowest BCUT2D eigenvalue weighted by atomic mass is 9.77. The zero-order chi connectivity index (χ0) is 21.1. The van der Waals surface area contributed by atoms with Crippen LogP contribution in [0.25, 0.3) is 10.8 Å². The van der Waals surface area contributed by atoms with Crippen LogP contribution in [-0.2, 0) is 17.8 Å². The first kappa shape index (κ1) is 22.8. The molecule has 4 heteroatoms. The van der Waals surface area contributed by atoms with E-state index >= 15 is 0 Å². The smallest absolute Gasteiger partial charge is 0.229 e. The summed E-state index contributed by atoms with van der Waals surface area (Å²) in [4.78, 5) is 18.0. The average molecular weight is 449 g/mol. The van der Waals surface area contributed by atoms with Crippen molar-refractivity contribution in [2.75, 3.05) is 26.2 Å². The largest absolute Gasteiger partial charge is 0.338 e.